The Morgan fingerprint density at radius 1 is 1.19 bits per heavy atom. The van der Waals surface area contributed by atoms with Crippen molar-refractivity contribution in [2.45, 2.75) is 38.1 Å². The van der Waals surface area contributed by atoms with Crippen molar-refractivity contribution in [1.29, 1.82) is 0 Å². The molecule has 0 aliphatic rings. The van der Waals surface area contributed by atoms with Gasteiger partial charge in [-0.1, -0.05) is 49.2 Å². The second kappa shape index (κ2) is 8.12. The second-order valence-corrected chi connectivity index (χ2v) is 4.18. The standard InChI is InChI=1S/C15H23N/c1-3-4-5-6-10-13-15(16-2)14-11-8-7-9-12-14/h3,7-9,11-12,15-16H,1,4-6,10,13H2,2H3. The molecule has 0 saturated carbocycles. The van der Waals surface area contributed by atoms with Gasteiger partial charge in [-0.25, -0.2) is 0 Å². The lowest BCUT2D eigenvalue weighted by molar-refractivity contribution is 0.508. The minimum absolute atomic E-state index is 0.505. The Hall–Kier alpha value is -1.08. The van der Waals surface area contributed by atoms with Crippen LogP contribution in [-0.2, 0) is 0 Å². The lowest BCUT2D eigenvalue weighted by Gasteiger charge is -2.16. The first-order valence-corrected chi connectivity index (χ1v) is 6.21. The van der Waals surface area contributed by atoms with Crippen LogP contribution in [0.4, 0.5) is 0 Å². The van der Waals surface area contributed by atoms with Crippen LogP contribution in [0.2, 0.25) is 0 Å². The zero-order chi connectivity index (χ0) is 11.6. The van der Waals surface area contributed by atoms with Gasteiger partial charge in [-0.3, -0.25) is 0 Å². The van der Waals surface area contributed by atoms with Crippen LogP contribution in [0.25, 0.3) is 0 Å². The van der Waals surface area contributed by atoms with E-state index in [2.05, 4.69) is 42.2 Å². The fourth-order valence-electron chi connectivity index (χ4n) is 1.98. The highest BCUT2D eigenvalue weighted by molar-refractivity contribution is 5.18. The summed E-state index contributed by atoms with van der Waals surface area (Å²) in [5.74, 6) is 0. The highest BCUT2D eigenvalue weighted by Crippen LogP contribution is 2.19. The summed E-state index contributed by atoms with van der Waals surface area (Å²) in [4.78, 5) is 0. The SMILES string of the molecule is C=CCCCCCC(NC)c1ccccc1. The average Bonchev–Trinajstić information content (AvgIpc) is 2.35. The maximum absolute atomic E-state index is 3.74. The average molecular weight is 217 g/mol. The molecule has 0 aromatic heterocycles. The summed E-state index contributed by atoms with van der Waals surface area (Å²) in [6.45, 7) is 3.74. The molecule has 0 radical (unpaired) electrons. The Balaban J connectivity index is 2.30. The first-order valence-electron chi connectivity index (χ1n) is 6.21. The van der Waals surface area contributed by atoms with E-state index in [-0.39, 0.29) is 0 Å². The van der Waals surface area contributed by atoms with E-state index in [1.54, 1.807) is 0 Å². The largest absolute Gasteiger partial charge is 0.313 e. The molecule has 1 N–H and O–H groups in total. The number of benzene rings is 1. The van der Waals surface area contributed by atoms with Gasteiger partial charge >= 0.3 is 0 Å². The number of nitrogens with one attached hydrogen (secondary N) is 1. The lowest BCUT2D eigenvalue weighted by Crippen LogP contribution is -2.16. The number of allylic oxidation sites excluding steroid dienone is 1. The van der Waals surface area contributed by atoms with Crippen LogP contribution in [0.15, 0.2) is 43.0 Å². The van der Waals surface area contributed by atoms with Gasteiger partial charge in [0.25, 0.3) is 0 Å². The van der Waals surface area contributed by atoms with Crippen LogP contribution in [-0.4, -0.2) is 7.05 Å². The predicted octanol–water partition coefficient (Wildman–Crippen LogP) is 4.08. The van der Waals surface area contributed by atoms with E-state index >= 15 is 0 Å². The van der Waals surface area contributed by atoms with Crippen LogP contribution in [0.3, 0.4) is 0 Å². The summed E-state index contributed by atoms with van der Waals surface area (Å²) < 4.78 is 0. The molecular formula is C15H23N. The molecule has 88 valence electrons. The molecule has 0 heterocycles. The minimum atomic E-state index is 0.505. The summed E-state index contributed by atoms with van der Waals surface area (Å²) in [6, 6.07) is 11.2. The van der Waals surface area contributed by atoms with E-state index in [1.807, 2.05) is 13.1 Å². The Morgan fingerprint density at radius 3 is 2.56 bits per heavy atom. The fraction of sp³-hybridized carbons (Fsp3) is 0.467. The van der Waals surface area contributed by atoms with Gasteiger partial charge in [-0.15, -0.1) is 6.58 Å². The van der Waals surface area contributed by atoms with E-state index in [0.29, 0.717) is 6.04 Å². The molecule has 0 fully saturated rings. The van der Waals surface area contributed by atoms with E-state index in [0.717, 1.165) is 6.42 Å². The molecule has 0 aliphatic heterocycles. The third-order valence-corrected chi connectivity index (χ3v) is 2.95. The zero-order valence-corrected chi connectivity index (χ0v) is 10.3. The molecule has 1 aromatic carbocycles. The van der Waals surface area contributed by atoms with Crippen molar-refractivity contribution in [3.8, 4) is 0 Å². The van der Waals surface area contributed by atoms with Crippen molar-refractivity contribution in [2.24, 2.45) is 0 Å². The highest BCUT2D eigenvalue weighted by atomic mass is 14.9. The monoisotopic (exact) mass is 217 g/mol. The number of hydrogen-bond donors (Lipinski definition) is 1. The molecular weight excluding hydrogens is 194 g/mol. The molecule has 1 nitrogen and oxygen atoms in total. The molecule has 0 bridgehead atoms. The van der Waals surface area contributed by atoms with Gasteiger partial charge in [0.1, 0.15) is 0 Å². The van der Waals surface area contributed by atoms with E-state index < -0.39 is 0 Å². The zero-order valence-electron chi connectivity index (χ0n) is 10.3. The van der Waals surface area contributed by atoms with Gasteiger partial charge in [0.2, 0.25) is 0 Å². The van der Waals surface area contributed by atoms with Crippen LogP contribution < -0.4 is 5.32 Å². The lowest BCUT2D eigenvalue weighted by atomic mass is 10.0. The van der Waals surface area contributed by atoms with Crippen molar-refractivity contribution >= 4 is 0 Å². The number of hydrogen-bond acceptors (Lipinski definition) is 1. The van der Waals surface area contributed by atoms with Crippen molar-refractivity contribution in [3.05, 3.63) is 48.6 Å². The first kappa shape index (κ1) is 13.0. The summed E-state index contributed by atoms with van der Waals surface area (Å²) in [6.07, 6.45) is 8.24. The fourth-order valence-corrected chi connectivity index (χ4v) is 1.98. The molecule has 1 unspecified atom stereocenters. The molecule has 0 spiro atoms. The van der Waals surface area contributed by atoms with Crippen LogP contribution in [0.5, 0.6) is 0 Å². The molecule has 1 heteroatoms. The van der Waals surface area contributed by atoms with Gasteiger partial charge in [-0.2, -0.15) is 0 Å². The summed E-state index contributed by atoms with van der Waals surface area (Å²) in [5.41, 5.74) is 1.40. The summed E-state index contributed by atoms with van der Waals surface area (Å²) >= 11 is 0. The van der Waals surface area contributed by atoms with E-state index in [9.17, 15) is 0 Å². The van der Waals surface area contributed by atoms with Crippen molar-refractivity contribution in [1.82, 2.24) is 5.32 Å². The Kier molecular flexibility index (Phi) is 6.59. The summed E-state index contributed by atoms with van der Waals surface area (Å²) in [5, 5.41) is 3.39. The number of rotatable bonds is 8. The van der Waals surface area contributed by atoms with E-state index in [4.69, 9.17) is 0 Å². The normalized spacial score (nSPS) is 12.3. The third-order valence-electron chi connectivity index (χ3n) is 2.95. The predicted molar refractivity (Wildman–Crippen MR) is 71.5 cm³/mol. The maximum atomic E-state index is 3.74. The van der Waals surface area contributed by atoms with Crippen LogP contribution in [0.1, 0.15) is 43.7 Å². The van der Waals surface area contributed by atoms with E-state index in [1.165, 1.54) is 31.2 Å². The Bertz CT molecular complexity index is 279. The van der Waals surface area contributed by atoms with Crippen molar-refractivity contribution < 1.29 is 0 Å². The topological polar surface area (TPSA) is 12.0 Å². The molecule has 1 atom stereocenters. The minimum Gasteiger partial charge on any atom is -0.313 e. The molecule has 1 aromatic rings. The quantitative estimate of drug-likeness (QED) is 0.511. The van der Waals surface area contributed by atoms with Gasteiger partial charge in [-0.05, 0) is 31.9 Å². The van der Waals surface area contributed by atoms with Crippen LogP contribution >= 0.6 is 0 Å². The molecule has 0 saturated heterocycles. The number of unbranched alkanes of at least 4 members (excludes halogenated alkanes) is 3. The smallest absolute Gasteiger partial charge is 0.0317 e. The maximum Gasteiger partial charge on any atom is 0.0317 e. The Labute approximate surface area is 99.6 Å². The molecule has 0 amide bonds. The van der Waals surface area contributed by atoms with Crippen molar-refractivity contribution in [3.63, 3.8) is 0 Å². The first-order chi connectivity index (χ1) is 7.88. The van der Waals surface area contributed by atoms with Crippen molar-refractivity contribution in [2.75, 3.05) is 7.05 Å². The van der Waals surface area contributed by atoms with Crippen LogP contribution in [0, 0.1) is 0 Å². The Morgan fingerprint density at radius 2 is 1.94 bits per heavy atom. The second-order valence-electron chi connectivity index (χ2n) is 4.18. The molecule has 0 aliphatic carbocycles. The third kappa shape index (κ3) is 4.63. The summed E-state index contributed by atoms with van der Waals surface area (Å²) in [7, 11) is 2.04. The molecule has 16 heavy (non-hydrogen) atoms. The highest BCUT2D eigenvalue weighted by Gasteiger charge is 2.07. The van der Waals surface area contributed by atoms with Gasteiger partial charge in [0.05, 0.1) is 0 Å². The van der Waals surface area contributed by atoms with Gasteiger partial charge in [0, 0.05) is 6.04 Å². The molecule has 1 rings (SSSR count). The van der Waals surface area contributed by atoms with Gasteiger partial charge < -0.3 is 5.32 Å². The van der Waals surface area contributed by atoms with Gasteiger partial charge in [0.15, 0.2) is 0 Å².